The Morgan fingerprint density at radius 3 is 2.48 bits per heavy atom. The van der Waals surface area contributed by atoms with Gasteiger partial charge in [0.15, 0.2) is 5.96 Å². The van der Waals surface area contributed by atoms with Gasteiger partial charge in [-0.05, 0) is 43.7 Å². The largest absolute Gasteiger partial charge is 0.357 e. The molecule has 0 spiro atoms. The van der Waals surface area contributed by atoms with Crippen LogP contribution in [0.15, 0.2) is 35.3 Å². The zero-order valence-electron chi connectivity index (χ0n) is 17.3. The molecule has 2 fully saturated rings. The summed E-state index contributed by atoms with van der Waals surface area (Å²) in [5.41, 5.74) is 0.446. The molecule has 1 saturated carbocycles. The van der Waals surface area contributed by atoms with Crippen LogP contribution < -0.4 is 10.6 Å². The molecule has 1 saturated heterocycles. The standard InChI is InChI=1S/C22H26ClFN4O2.HI/c1-2-25-22(26-9-8-15-16(23)4-3-5-17(15)24)27-10-11-28-20(29)18-13-6-7-14(12-13)19(18)21(28)30;/h3-7,13-14,18-19H,2,8-12H2,1H3,(H2,25,26,27);1H. The number of carbonyl (C=O) groups excluding carboxylic acids is 2. The van der Waals surface area contributed by atoms with Gasteiger partial charge >= 0.3 is 0 Å². The van der Waals surface area contributed by atoms with Crippen molar-refractivity contribution in [2.45, 2.75) is 19.8 Å². The van der Waals surface area contributed by atoms with E-state index in [4.69, 9.17) is 11.6 Å². The highest BCUT2D eigenvalue weighted by molar-refractivity contribution is 14.0. The van der Waals surface area contributed by atoms with Crippen molar-refractivity contribution in [3.05, 3.63) is 46.8 Å². The van der Waals surface area contributed by atoms with Crippen molar-refractivity contribution in [3.63, 3.8) is 0 Å². The molecule has 31 heavy (non-hydrogen) atoms. The zero-order chi connectivity index (χ0) is 21.3. The van der Waals surface area contributed by atoms with Crippen LogP contribution in [0.5, 0.6) is 0 Å². The predicted octanol–water partition coefficient (Wildman–Crippen LogP) is 3.00. The van der Waals surface area contributed by atoms with Crippen LogP contribution >= 0.6 is 35.6 Å². The number of amides is 2. The minimum Gasteiger partial charge on any atom is -0.357 e. The van der Waals surface area contributed by atoms with Crippen LogP contribution in [0.4, 0.5) is 4.39 Å². The number of benzene rings is 1. The van der Waals surface area contributed by atoms with Gasteiger partial charge in [0.2, 0.25) is 11.8 Å². The van der Waals surface area contributed by atoms with Crippen LogP contribution in [-0.4, -0.2) is 48.9 Å². The molecule has 1 aromatic carbocycles. The highest BCUT2D eigenvalue weighted by atomic mass is 127. The molecule has 4 atom stereocenters. The third-order valence-electron chi connectivity index (χ3n) is 6.23. The summed E-state index contributed by atoms with van der Waals surface area (Å²) in [4.78, 5) is 31.3. The number of fused-ring (bicyclic) bond motifs is 5. The molecule has 3 aliphatic rings. The van der Waals surface area contributed by atoms with Crippen molar-refractivity contribution in [1.82, 2.24) is 15.5 Å². The summed E-state index contributed by atoms with van der Waals surface area (Å²) in [6.07, 6.45) is 5.50. The van der Waals surface area contributed by atoms with E-state index in [0.717, 1.165) is 6.42 Å². The van der Waals surface area contributed by atoms with E-state index in [9.17, 15) is 14.0 Å². The van der Waals surface area contributed by atoms with E-state index in [-0.39, 0.29) is 65.3 Å². The fraction of sp³-hybridized carbons (Fsp3) is 0.500. The molecule has 4 unspecified atom stereocenters. The van der Waals surface area contributed by atoms with Gasteiger partial charge in [0.25, 0.3) is 0 Å². The van der Waals surface area contributed by atoms with Gasteiger partial charge in [0, 0.05) is 36.8 Å². The van der Waals surface area contributed by atoms with Gasteiger partial charge in [0.05, 0.1) is 11.8 Å². The number of halogens is 3. The molecule has 1 heterocycles. The molecule has 2 N–H and O–H groups in total. The van der Waals surface area contributed by atoms with Crippen LogP contribution in [0, 0.1) is 29.5 Å². The quantitative estimate of drug-likeness (QED) is 0.177. The maximum Gasteiger partial charge on any atom is 0.233 e. The first-order valence-corrected chi connectivity index (χ1v) is 10.9. The minimum atomic E-state index is -0.337. The third-order valence-corrected chi connectivity index (χ3v) is 6.58. The highest BCUT2D eigenvalue weighted by Crippen LogP contribution is 2.52. The number of guanidine groups is 1. The van der Waals surface area contributed by atoms with E-state index in [1.807, 2.05) is 6.92 Å². The molecular formula is C22H27ClFIN4O2. The van der Waals surface area contributed by atoms with Crippen LogP contribution in [0.25, 0.3) is 0 Å². The molecular weight excluding hydrogens is 534 g/mol. The Labute approximate surface area is 203 Å². The average Bonchev–Trinajstić information content (AvgIpc) is 3.39. The number of nitrogens with one attached hydrogen (secondary N) is 2. The SMILES string of the molecule is CCNC(=NCCc1c(F)cccc1Cl)NCCN1C(=O)C2C3C=CC(C3)C2C1=O.I. The van der Waals surface area contributed by atoms with Gasteiger partial charge in [-0.1, -0.05) is 29.8 Å². The monoisotopic (exact) mass is 560 g/mol. The Balaban J connectivity index is 0.00000272. The second kappa shape index (κ2) is 10.3. The first kappa shape index (κ1) is 24.0. The Morgan fingerprint density at radius 1 is 1.19 bits per heavy atom. The Kier molecular flexibility index (Phi) is 7.96. The molecule has 1 aromatic rings. The predicted molar refractivity (Wildman–Crippen MR) is 129 cm³/mol. The molecule has 4 rings (SSSR count). The number of carbonyl (C=O) groups is 2. The van der Waals surface area contributed by atoms with E-state index in [2.05, 4.69) is 27.8 Å². The fourth-order valence-electron chi connectivity index (χ4n) is 4.86. The first-order chi connectivity index (χ1) is 14.5. The van der Waals surface area contributed by atoms with Crippen molar-refractivity contribution in [2.24, 2.45) is 28.7 Å². The number of hydrogen-bond acceptors (Lipinski definition) is 3. The lowest BCUT2D eigenvalue weighted by atomic mass is 9.85. The van der Waals surface area contributed by atoms with Gasteiger partial charge in [-0.3, -0.25) is 19.5 Å². The molecule has 0 aromatic heterocycles. The minimum absolute atomic E-state index is 0. The second-order valence-corrected chi connectivity index (χ2v) is 8.37. The molecule has 9 heteroatoms. The fourth-order valence-corrected chi connectivity index (χ4v) is 5.12. The Morgan fingerprint density at radius 2 is 1.87 bits per heavy atom. The molecule has 168 valence electrons. The Bertz CT molecular complexity index is 859. The van der Waals surface area contributed by atoms with Gasteiger partial charge in [-0.15, -0.1) is 24.0 Å². The lowest BCUT2D eigenvalue weighted by molar-refractivity contribution is -0.140. The summed E-state index contributed by atoms with van der Waals surface area (Å²) >= 11 is 6.06. The topological polar surface area (TPSA) is 73.8 Å². The number of likely N-dealkylation sites (tertiary alicyclic amines) is 1. The number of nitrogens with zero attached hydrogens (tertiary/aromatic N) is 2. The van der Waals surface area contributed by atoms with Gasteiger partial charge in [-0.25, -0.2) is 4.39 Å². The van der Waals surface area contributed by atoms with E-state index in [0.29, 0.717) is 49.1 Å². The van der Waals surface area contributed by atoms with E-state index in [1.165, 1.54) is 11.0 Å². The summed E-state index contributed by atoms with van der Waals surface area (Å²) in [5.74, 6) is 0.248. The number of aliphatic imine (C=N–C) groups is 1. The lowest BCUT2D eigenvalue weighted by Gasteiger charge is -2.18. The Hall–Kier alpha value is -1.68. The summed E-state index contributed by atoms with van der Waals surface area (Å²) in [5, 5.41) is 6.67. The van der Waals surface area contributed by atoms with E-state index in [1.54, 1.807) is 12.1 Å². The van der Waals surface area contributed by atoms with Gasteiger partial charge in [0.1, 0.15) is 5.82 Å². The lowest BCUT2D eigenvalue weighted by Crippen LogP contribution is -2.43. The van der Waals surface area contributed by atoms with Gasteiger partial charge in [-0.2, -0.15) is 0 Å². The van der Waals surface area contributed by atoms with Crippen molar-refractivity contribution in [1.29, 1.82) is 0 Å². The normalized spacial score (nSPS) is 26.3. The summed E-state index contributed by atoms with van der Waals surface area (Å²) in [6, 6.07) is 4.62. The smallest absolute Gasteiger partial charge is 0.233 e. The van der Waals surface area contributed by atoms with E-state index >= 15 is 0 Å². The number of imide groups is 1. The summed E-state index contributed by atoms with van der Waals surface area (Å²) in [6.45, 7) is 3.69. The van der Waals surface area contributed by atoms with Crippen molar-refractivity contribution in [2.75, 3.05) is 26.2 Å². The molecule has 0 radical (unpaired) electrons. The molecule has 2 amide bonds. The van der Waals surface area contributed by atoms with Crippen LogP contribution in [0.2, 0.25) is 5.02 Å². The van der Waals surface area contributed by atoms with Crippen LogP contribution in [0.1, 0.15) is 18.9 Å². The van der Waals surface area contributed by atoms with Crippen molar-refractivity contribution >= 4 is 53.4 Å². The number of rotatable bonds is 7. The first-order valence-electron chi connectivity index (χ1n) is 10.5. The molecule has 2 aliphatic carbocycles. The summed E-state index contributed by atoms with van der Waals surface area (Å²) < 4.78 is 13.9. The maximum atomic E-state index is 13.9. The van der Waals surface area contributed by atoms with Crippen LogP contribution in [-0.2, 0) is 16.0 Å². The van der Waals surface area contributed by atoms with Gasteiger partial charge < -0.3 is 10.6 Å². The molecule has 6 nitrogen and oxygen atoms in total. The molecule has 1 aliphatic heterocycles. The van der Waals surface area contributed by atoms with Crippen molar-refractivity contribution < 1.29 is 14.0 Å². The number of hydrogen-bond donors (Lipinski definition) is 2. The zero-order valence-corrected chi connectivity index (χ0v) is 20.4. The summed E-state index contributed by atoms with van der Waals surface area (Å²) in [7, 11) is 0. The highest BCUT2D eigenvalue weighted by Gasteiger charge is 2.58. The van der Waals surface area contributed by atoms with Crippen molar-refractivity contribution in [3.8, 4) is 0 Å². The van der Waals surface area contributed by atoms with E-state index < -0.39 is 0 Å². The third kappa shape index (κ3) is 4.74. The van der Waals surface area contributed by atoms with Crippen LogP contribution in [0.3, 0.4) is 0 Å². The molecule has 2 bridgehead atoms. The average molecular weight is 561 g/mol. The second-order valence-electron chi connectivity index (χ2n) is 7.97. The number of allylic oxidation sites excluding steroid dienone is 2. The maximum absolute atomic E-state index is 13.9.